The number of unbranched alkanes of at least 4 members (excludes halogenated alkanes) is 1. The fraction of sp³-hybridized carbons (Fsp3) is 0.714. The molecule has 0 aromatic carbocycles. The lowest BCUT2D eigenvalue weighted by Crippen LogP contribution is -2.27. The largest absolute Gasteiger partial charge is 0.330 e. The van der Waals surface area contributed by atoms with Crippen molar-refractivity contribution in [3.8, 4) is 5.40 Å². The van der Waals surface area contributed by atoms with Gasteiger partial charge in [0.2, 0.25) is 5.12 Å². The molecule has 0 aromatic heterocycles. The van der Waals surface area contributed by atoms with Crippen molar-refractivity contribution in [1.29, 1.82) is 5.26 Å². The topological polar surface area (TPSA) is 92.9 Å². The van der Waals surface area contributed by atoms with Crippen LogP contribution in [0.25, 0.3) is 0 Å². The Labute approximate surface area is 76.3 Å². The summed E-state index contributed by atoms with van der Waals surface area (Å²) in [4.78, 5) is 10.9. The van der Waals surface area contributed by atoms with E-state index in [9.17, 15) is 4.79 Å². The molecule has 0 saturated carbocycles. The van der Waals surface area contributed by atoms with Crippen LogP contribution in [-0.2, 0) is 4.79 Å². The molecule has 68 valence electrons. The van der Waals surface area contributed by atoms with Crippen LogP contribution in [-0.4, -0.2) is 17.7 Å². The highest BCUT2D eigenvalue weighted by molar-refractivity contribution is 8.17. The molecule has 0 saturated heterocycles. The Kier molecular flexibility index (Phi) is 6.76. The summed E-state index contributed by atoms with van der Waals surface area (Å²) in [7, 11) is 0. The number of nitriles is 1. The minimum Gasteiger partial charge on any atom is -0.330 e. The molecule has 4 nitrogen and oxygen atoms in total. The molecule has 0 spiro atoms. The molecule has 0 rings (SSSR count). The Balaban J connectivity index is 3.51. The van der Waals surface area contributed by atoms with Crippen molar-refractivity contribution in [1.82, 2.24) is 0 Å². The average Bonchev–Trinajstić information content (AvgIpc) is 2.05. The summed E-state index contributed by atoms with van der Waals surface area (Å²) in [5.41, 5.74) is 10.7. The van der Waals surface area contributed by atoms with Gasteiger partial charge in [-0.15, -0.1) is 0 Å². The molecule has 0 aliphatic heterocycles. The number of nitrogens with zero attached hydrogens (tertiary/aromatic N) is 1. The first-order chi connectivity index (χ1) is 5.72. The standard InChI is InChI=1S/C7H13N3OS/c8-4-2-1-3-6(10)7(11)12-5-9/h6H,1-4,8,10H2/t6-/m0/s1. The number of thioether (sulfide) groups is 1. The molecule has 0 bridgehead atoms. The van der Waals surface area contributed by atoms with Crippen LogP contribution in [0, 0.1) is 10.7 Å². The van der Waals surface area contributed by atoms with E-state index in [1.165, 1.54) is 0 Å². The summed E-state index contributed by atoms with van der Waals surface area (Å²) in [5, 5.41) is 9.62. The van der Waals surface area contributed by atoms with Crippen molar-refractivity contribution in [2.24, 2.45) is 11.5 Å². The van der Waals surface area contributed by atoms with Crippen LogP contribution >= 0.6 is 11.8 Å². The van der Waals surface area contributed by atoms with Gasteiger partial charge < -0.3 is 11.5 Å². The van der Waals surface area contributed by atoms with E-state index in [1.54, 1.807) is 5.40 Å². The van der Waals surface area contributed by atoms with Gasteiger partial charge in [-0.25, -0.2) is 0 Å². The molecule has 0 radical (unpaired) electrons. The molecule has 5 heteroatoms. The maximum atomic E-state index is 10.9. The minimum absolute atomic E-state index is 0.255. The predicted octanol–water partition coefficient (Wildman–Crippen LogP) is 0.184. The van der Waals surface area contributed by atoms with Gasteiger partial charge >= 0.3 is 0 Å². The lowest BCUT2D eigenvalue weighted by atomic mass is 10.1. The Morgan fingerprint density at radius 1 is 1.58 bits per heavy atom. The van der Waals surface area contributed by atoms with E-state index in [1.807, 2.05) is 0 Å². The van der Waals surface area contributed by atoms with Crippen LogP contribution in [0.4, 0.5) is 0 Å². The lowest BCUT2D eigenvalue weighted by molar-refractivity contribution is -0.112. The molecule has 4 N–H and O–H groups in total. The minimum atomic E-state index is -0.513. The van der Waals surface area contributed by atoms with Crippen LogP contribution in [0.15, 0.2) is 0 Å². The van der Waals surface area contributed by atoms with Crippen molar-refractivity contribution in [3.05, 3.63) is 0 Å². The Hall–Kier alpha value is -0.570. The molecule has 0 aliphatic rings. The summed E-state index contributed by atoms with van der Waals surface area (Å²) < 4.78 is 0. The van der Waals surface area contributed by atoms with Gasteiger partial charge in [0.1, 0.15) is 5.40 Å². The van der Waals surface area contributed by atoms with E-state index < -0.39 is 6.04 Å². The highest BCUT2D eigenvalue weighted by atomic mass is 32.2. The van der Waals surface area contributed by atoms with Gasteiger partial charge in [0.15, 0.2) is 0 Å². The number of hydrogen-bond donors (Lipinski definition) is 2. The second-order valence-electron chi connectivity index (χ2n) is 2.40. The number of hydrogen-bond acceptors (Lipinski definition) is 5. The molecule has 0 fully saturated rings. The van der Waals surface area contributed by atoms with Crippen molar-refractivity contribution in [2.45, 2.75) is 25.3 Å². The fourth-order valence-corrected chi connectivity index (χ4v) is 1.11. The number of thiocyanates is 1. The van der Waals surface area contributed by atoms with E-state index in [0.717, 1.165) is 12.8 Å². The van der Waals surface area contributed by atoms with Gasteiger partial charge in [0, 0.05) is 11.8 Å². The monoisotopic (exact) mass is 187 g/mol. The average molecular weight is 187 g/mol. The molecular weight excluding hydrogens is 174 g/mol. The molecule has 0 heterocycles. The van der Waals surface area contributed by atoms with E-state index in [-0.39, 0.29) is 5.12 Å². The van der Waals surface area contributed by atoms with Gasteiger partial charge in [0.05, 0.1) is 6.04 Å². The number of rotatable bonds is 5. The van der Waals surface area contributed by atoms with E-state index in [0.29, 0.717) is 24.7 Å². The van der Waals surface area contributed by atoms with Crippen LogP contribution in [0.1, 0.15) is 19.3 Å². The summed E-state index contributed by atoms with van der Waals surface area (Å²) in [5.74, 6) is 0. The highest BCUT2D eigenvalue weighted by Gasteiger charge is 2.12. The molecule has 0 unspecified atom stereocenters. The summed E-state index contributed by atoms with van der Waals surface area (Å²) in [6, 6.07) is -0.513. The number of carbonyl (C=O) groups excluding carboxylic acids is 1. The highest BCUT2D eigenvalue weighted by Crippen LogP contribution is 2.07. The number of carbonyl (C=O) groups is 1. The normalized spacial score (nSPS) is 12.1. The third-order valence-electron chi connectivity index (χ3n) is 1.42. The van der Waals surface area contributed by atoms with Crippen molar-refractivity contribution >= 4 is 16.9 Å². The summed E-state index contributed by atoms with van der Waals surface area (Å²) in [6.45, 7) is 0.617. The zero-order chi connectivity index (χ0) is 9.40. The van der Waals surface area contributed by atoms with Crippen molar-refractivity contribution in [2.75, 3.05) is 6.54 Å². The Morgan fingerprint density at radius 3 is 2.75 bits per heavy atom. The zero-order valence-electron chi connectivity index (χ0n) is 6.82. The summed E-state index contributed by atoms with van der Waals surface area (Å²) in [6.07, 6.45) is 2.33. The Morgan fingerprint density at radius 2 is 2.25 bits per heavy atom. The maximum Gasteiger partial charge on any atom is 0.219 e. The fourth-order valence-electron chi connectivity index (χ4n) is 0.747. The first-order valence-corrected chi connectivity index (χ1v) is 4.59. The van der Waals surface area contributed by atoms with E-state index >= 15 is 0 Å². The van der Waals surface area contributed by atoms with Crippen molar-refractivity contribution < 1.29 is 4.79 Å². The maximum absolute atomic E-state index is 10.9. The van der Waals surface area contributed by atoms with Gasteiger partial charge in [-0.05, 0) is 19.4 Å². The van der Waals surface area contributed by atoms with E-state index in [2.05, 4.69) is 0 Å². The molecule has 0 aromatic rings. The van der Waals surface area contributed by atoms with Gasteiger partial charge in [-0.1, -0.05) is 6.42 Å². The molecule has 0 aliphatic carbocycles. The quantitative estimate of drug-likeness (QED) is 0.473. The first kappa shape index (κ1) is 11.4. The van der Waals surface area contributed by atoms with Crippen LogP contribution in [0.3, 0.4) is 0 Å². The number of nitrogens with two attached hydrogens (primary N) is 2. The van der Waals surface area contributed by atoms with Crippen LogP contribution < -0.4 is 11.5 Å². The SMILES string of the molecule is N#CSC(=O)[C@@H](N)CCCCN. The molecule has 0 amide bonds. The zero-order valence-corrected chi connectivity index (χ0v) is 7.64. The second kappa shape index (κ2) is 7.10. The second-order valence-corrected chi connectivity index (χ2v) is 3.19. The molecular formula is C7H13N3OS. The van der Waals surface area contributed by atoms with Crippen LogP contribution in [0.2, 0.25) is 0 Å². The smallest absolute Gasteiger partial charge is 0.219 e. The lowest BCUT2D eigenvalue weighted by Gasteiger charge is -2.05. The molecule has 1 atom stereocenters. The first-order valence-electron chi connectivity index (χ1n) is 3.77. The third kappa shape index (κ3) is 5.13. The van der Waals surface area contributed by atoms with Crippen LogP contribution in [0.5, 0.6) is 0 Å². The predicted molar refractivity (Wildman–Crippen MR) is 49.1 cm³/mol. The van der Waals surface area contributed by atoms with Crippen molar-refractivity contribution in [3.63, 3.8) is 0 Å². The molecule has 12 heavy (non-hydrogen) atoms. The third-order valence-corrected chi connectivity index (χ3v) is 2.01. The van der Waals surface area contributed by atoms with E-state index in [4.69, 9.17) is 16.7 Å². The Bertz CT molecular complexity index is 178. The van der Waals surface area contributed by atoms with Gasteiger partial charge in [-0.2, -0.15) is 5.26 Å². The van der Waals surface area contributed by atoms with Gasteiger partial charge in [-0.3, -0.25) is 4.79 Å². The summed E-state index contributed by atoms with van der Waals surface area (Å²) >= 11 is 0.608. The van der Waals surface area contributed by atoms with Gasteiger partial charge in [0.25, 0.3) is 0 Å².